The lowest BCUT2D eigenvalue weighted by Crippen LogP contribution is -1.95. The van der Waals surface area contributed by atoms with E-state index in [9.17, 15) is 0 Å². The maximum absolute atomic E-state index is 5.42. The largest absolute Gasteiger partial charge is 0.497 e. The smallest absolute Gasteiger partial charge is 0.182 e. The van der Waals surface area contributed by atoms with Crippen molar-refractivity contribution in [2.24, 2.45) is 0 Å². The van der Waals surface area contributed by atoms with Gasteiger partial charge in [-0.05, 0) is 49.0 Å². The molecule has 1 aromatic heterocycles. The number of aromatic nitrogens is 2. The van der Waals surface area contributed by atoms with Crippen molar-refractivity contribution in [3.8, 4) is 11.4 Å². The molecule has 2 aromatic carbocycles. The summed E-state index contributed by atoms with van der Waals surface area (Å²) in [5.74, 6) is 0.821. The Kier molecular flexibility index (Phi) is 2.87. The summed E-state index contributed by atoms with van der Waals surface area (Å²) in [6.45, 7) is 2.07. The summed E-state index contributed by atoms with van der Waals surface area (Å²) in [6, 6.07) is 14.1. The number of nitrogens with one attached hydrogen (secondary N) is 1. The average molecular weight is 270 g/mol. The number of H-pyrrole nitrogens is 1. The van der Waals surface area contributed by atoms with Crippen LogP contribution in [0.3, 0.4) is 0 Å². The van der Waals surface area contributed by atoms with Gasteiger partial charge in [0.2, 0.25) is 0 Å². The van der Waals surface area contributed by atoms with E-state index in [0.717, 1.165) is 22.5 Å². The molecule has 0 aliphatic heterocycles. The molecule has 96 valence electrons. The van der Waals surface area contributed by atoms with Crippen molar-refractivity contribution >= 4 is 23.3 Å². The van der Waals surface area contributed by atoms with Gasteiger partial charge in [-0.25, -0.2) is 0 Å². The third kappa shape index (κ3) is 2.04. The molecule has 0 bridgehead atoms. The van der Waals surface area contributed by atoms with Crippen LogP contribution in [0.1, 0.15) is 5.56 Å². The van der Waals surface area contributed by atoms with E-state index in [4.69, 9.17) is 17.0 Å². The molecule has 0 radical (unpaired) electrons. The SMILES string of the molecule is COc1cccc(-n2c(=S)[nH]c3ccc(C)cc32)c1. The van der Waals surface area contributed by atoms with Crippen molar-refractivity contribution in [2.45, 2.75) is 6.92 Å². The molecule has 3 nitrogen and oxygen atoms in total. The summed E-state index contributed by atoms with van der Waals surface area (Å²) in [7, 11) is 1.66. The molecule has 19 heavy (non-hydrogen) atoms. The molecule has 0 saturated heterocycles. The number of rotatable bonds is 2. The molecule has 0 unspecified atom stereocenters. The standard InChI is InChI=1S/C15H14N2OS/c1-10-6-7-13-14(8-10)17(15(19)16-13)11-4-3-5-12(9-11)18-2/h3-9H,1-2H3,(H,16,19). The van der Waals surface area contributed by atoms with E-state index in [-0.39, 0.29) is 0 Å². The van der Waals surface area contributed by atoms with Gasteiger partial charge in [-0.3, -0.25) is 4.57 Å². The number of fused-ring (bicyclic) bond motifs is 1. The van der Waals surface area contributed by atoms with Crippen LogP contribution in [0.2, 0.25) is 0 Å². The Balaban J connectivity index is 2.32. The van der Waals surface area contributed by atoms with E-state index < -0.39 is 0 Å². The number of methoxy groups -OCH3 is 1. The summed E-state index contributed by atoms with van der Waals surface area (Å²) >= 11 is 5.42. The molecule has 3 rings (SSSR count). The van der Waals surface area contributed by atoms with Gasteiger partial charge in [0.05, 0.1) is 23.8 Å². The Labute approximate surface area is 116 Å². The number of ether oxygens (including phenoxy) is 1. The molecule has 0 aliphatic carbocycles. The van der Waals surface area contributed by atoms with Crippen LogP contribution in [0.25, 0.3) is 16.7 Å². The van der Waals surface area contributed by atoms with Crippen molar-refractivity contribution in [3.63, 3.8) is 0 Å². The molecule has 4 heteroatoms. The molecule has 0 aliphatic rings. The lowest BCUT2D eigenvalue weighted by atomic mass is 10.2. The van der Waals surface area contributed by atoms with Crippen LogP contribution in [0, 0.1) is 11.7 Å². The van der Waals surface area contributed by atoms with Gasteiger partial charge in [0.25, 0.3) is 0 Å². The van der Waals surface area contributed by atoms with Gasteiger partial charge in [-0.15, -0.1) is 0 Å². The van der Waals surface area contributed by atoms with E-state index in [0.29, 0.717) is 4.77 Å². The number of hydrogen-bond acceptors (Lipinski definition) is 2. The monoisotopic (exact) mass is 270 g/mol. The van der Waals surface area contributed by atoms with E-state index in [2.05, 4.69) is 30.1 Å². The first-order valence-electron chi connectivity index (χ1n) is 6.05. The maximum atomic E-state index is 5.42. The van der Waals surface area contributed by atoms with Crippen LogP contribution in [-0.4, -0.2) is 16.7 Å². The highest BCUT2D eigenvalue weighted by Crippen LogP contribution is 2.23. The Morgan fingerprint density at radius 3 is 2.79 bits per heavy atom. The summed E-state index contributed by atoms with van der Waals surface area (Å²) in [5, 5.41) is 0. The van der Waals surface area contributed by atoms with Crippen molar-refractivity contribution in [3.05, 3.63) is 52.8 Å². The Hall–Kier alpha value is -2.07. The van der Waals surface area contributed by atoms with Gasteiger partial charge in [0.15, 0.2) is 4.77 Å². The van der Waals surface area contributed by atoms with Gasteiger partial charge in [-0.2, -0.15) is 0 Å². The third-order valence-electron chi connectivity index (χ3n) is 3.15. The van der Waals surface area contributed by atoms with Crippen LogP contribution >= 0.6 is 12.2 Å². The normalized spacial score (nSPS) is 10.8. The number of aryl methyl sites for hydroxylation is 1. The van der Waals surface area contributed by atoms with Crippen molar-refractivity contribution in [1.82, 2.24) is 9.55 Å². The van der Waals surface area contributed by atoms with Gasteiger partial charge in [-0.1, -0.05) is 12.1 Å². The first kappa shape index (κ1) is 12.0. The second-order valence-electron chi connectivity index (χ2n) is 4.49. The Morgan fingerprint density at radius 2 is 2.00 bits per heavy atom. The lowest BCUT2D eigenvalue weighted by Gasteiger charge is -2.07. The minimum absolute atomic E-state index is 0.689. The van der Waals surface area contributed by atoms with Crippen LogP contribution in [0.4, 0.5) is 0 Å². The lowest BCUT2D eigenvalue weighted by molar-refractivity contribution is 0.414. The molecule has 0 amide bonds. The summed E-state index contributed by atoms with van der Waals surface area (Å²) < 4.78 is 7.99. The predicted molar refractivity (Wildman–Crippen MR) is 79.7 cm³/mol. The highest BCUT2D eigenvalue weighted by Gasteiger charge is 2.07. The van der Waals surface area contributed by atoms with Crippen LogP contribution < -0.4 is 4.74 Å². The first-order valence-corrected chi connectivity index (χ1v) is 6.45. The topological polar surface area (TPSA) is 29.9 Å². The van der Waals surface area contributed by atoms with Crippen molar-refractivity contribution in [2.75, 3.05) is 7.11 Å². The van der Waals surface area contributed by atoms with E-state index in [1.54, 1.807) is 7.11 Å². The van der Waals surface area contributed by atoms with Crippen molar-refractivity contribution < 1.29 is 4.74 Å². The molecule has 0 saturated carbocycles. The van der Waals surface area contributed by atoms with Gasteiger partial charge in [0, 0.05) is 6.07 Å². The fraction of sp³-hybridized carbons (Fsp3) is 0.133. The second-order valence-corrected chi connectivity index (χ2v) is 4.87. The average Bonchev–Trinajstić information content (AvgIpc) is 2.74. The minimum Gasteiger partial charge on any atom is -0.497 e. The van der Waals surface area contributed by atoms with Crippen LogP contribution in [0.15, 0.2) is 42.5 Å². The molecule has 1 N–H and O–H groups in total. The molecule has 0 fully saturated rings. The fourth-order valence-corrected chi connectivity index (χ4v) is 2.53. The zero-order chi connectivity index (χ0) is 13.4. The number of nitrogens with zero attached hydrogens (tertiary/aromatic N) is 1. The van der Waals surface area contributed by atoms with E-state index >= 15 is 0 Å². The number of imidazole rings is 1. The molecule has 1 heterocycles. The van der Waals surface area contributed by atoms with E-state index in [1.807, 2.05) is 28.8 Å². The van der Waals surface area contributed by atoms with Crippen LogP contribution in [0.5, 0.6) is 5.75 Å². The highest BCUT2D eigenvalue weighted by atomic mass is 32.1. The molecule has 3 aromatic rings. The number of aromatic amines is 1. The fourth-order valence-electron chi connectivity index (χ4n) is 2.22. The van der Waals surface area contributed by atoms with Gasteiger partial charge >= 0.3 is 0 Å². The zero-order valence-corrected chi connectivity index (χ0v) is 11.6. The Bertz CT molecular complexity index is 801. The highest BCUT2D eigenvalue weighted by molar-refractivity contribution is 7.71. The predicted octanol–water partition coefficient (Wildman–Crippen LogP) is 4.01. The molecular weight excluding hydrogens is 256 g/mol. The summed E-state index contributed by atoms with van der Waals surface area (Å²) in [5.41, 5.74) is 4.33. The first-order chi connectivity index (χ1) is 9.19. The Morgan fingerprint density at radius 1 is 1.16 bits per heavy atom. The second kappa shape index (κ2) is 4.55. The number of hydrogen-bond donors (Lipinski definition) is 1. The van der Waals surface area contributed by atoms with Gasteiger partial charge < -0.3 is 9.72 Å². The van der Waals surface area contributed by atoms with Gasteiger partial charge in [0.1, 0.15) is 5.75 Å². The summed E-state index contributed by atoms with van der Waals surface area (Å²) in [4.78, 5) is 3.23. The molecule has 0 spiro atoms. The molecule has 0 atom stereocenters. The quantitative estimate of drug-likeness (QED) is 0.713. The maximum Gasteiger partial charge on any atom is 0.182 e. The summed E-state index contributed by atoms with van der Waals surface area (Å²) in [6.07, 6.45) is 0. The minimum atomic E-state index is 0.689. The van der Waals surface area contributed by atoms with E-state index in [1.165, 1.54) is 5.56 Å². The zero-order valence-electron chi connectivity index (χ0n) is 10.8. The number of benzene rings is 2. The van der Waals surface area contributed by atoms with Crippen LogP contribution in [-0.2, 0) is 0 Å². The third-order valence-corrected chi connectivity index (χ3v) is 3.43. The van der Waals surface area contributed by atoms with Crippen molar-refractivity contribution in [1.29, 1.82) is 0 Å². The molecular formula is C15H14N2OS.